The summed E-state index contributed by atoms with van der Waals surface area (Å²) >= 11 is 0. The van der Waals surface area contributed by atoms with Gasteiger partial charge in [-0.05, 0) is 44.0 Å². The van der Waals surface area contributed by atoms with Gasteiger partial charge in [0.25, 0.3) is 0 Å². The first-order valence-corrected chi connectivity index (χ1v) is 9.30. The van der Waals surface area contributed by atoms with Crippen molar-refractivity contribution in [3.8, 4) is 17.1 Å². The molecular formula is C21H21N5O. The number of benzene rings is 2. The predicted octanol–water partition coefficient (Wildman–Crippen LogP) is 3.86. The lowest BCUT2D eigenvalue weighted by Crippen LogP contribution is -2.22. The van der Waals surface area contributed by atoms with Gasteiger partial charge in [0.1, 0.15) is 5.75 Å². The fourth-order valence-corrected chi connectivity index (χ4v) is 3.87. The molecule has 27 heavy (non-hydrogen) atoms. The molecule has 0 atom stereocenters. The van der Waals surface area contributed by atoms with Crippen LogP contribution >= 0.6 is 0 Å². The van der Waals surface area contributed by atoms with E-state index in [-0.39, 0.29) is 0 Å². The molecule has 0 amide bonds. The van der Waals surface area contributed by atoms with Gasteiger partial charge in [0, 0.05) is 18.5 Å². The van der Waals surface area contributed by atoms with Gasteiger partial charge in [0.05, 0.1) is 18.2 Å². The van der Waals surface area contributed by atoms with Crippen LogP contribution in [0.5, 0.6) is 5.75 Å². The third-order valence-electron chi connectivity index (χ3n) is 5.21. The SMILES string of the molecule is COc1ccccc1-c1nnc2c3cc(C)ccc3nc(N3CCCC3)n12. The zero-order chi connectivity index (χ0) is 18.4. The molecule has 5 rings (SSSR count). The number of rotatable bonds is 3. The van der Waals surface area contributed by atoms with Gasteiger partial charge in [-0.2, -0.15) is 0 Å². The number of ether oxygens (including phenoxy) is 1. The molecule has 0 N–H and O–H groups in total. The number of nitrogens with zero attached hydrogens (tertiary/aromatic N) is 5. The third-order valence-corrected chi connectivity index (χ3v) is 5.21. The van der Waals surface area contributed by atoms with Crippen molar-refractivity contribution in [2.45, 2.75) is 19.8 Å². The second-order valence-corrected chi connectivity index (χ2v) is 7.01. The Balaban J connectivity index is 1.87. The van der Waals surface area contributed by atoms with Crippen molar-refractivity contribution in [1.29, 1.82) is 0 Å². The van der Waals surface area contributed by atoms with E-state index in [1.54, 1.807) is 7.11 Å². The minimum Gasteiger partial charge on any atom is -0.496 e. The quantitative estimate of drug-likeness (QED) is 0.556. The Morgan fingerprint density at radius 1 is 1.00 bits per heavy atom. The number of anilines is 1. The van der Waals surface area contributed by atoms with Crippen LogP contribution in [-0.4, -0.2) is 39.8 Å². The molecule has 0 saturated carbocycles. The van der Waals surface area contributed by atoms with E-state index in [0.29, 0.717) is 0 Å². The van der Waals surface area contributed by atoms with Crippen molar-refractivity contribution in [1.82, 2.24) is 19.6 Å². The maximum absolute atomic E-state index is 5.57. The van der Waals surface area contributed by atoms with Gasteiger partial charge in [-0.15, -0.1) is 10.2 Å². The molecule has 6 nitrogen and oxygen atoms in total. The number of aryl methyl sites for hydroxylation is 1. The van der Waals surface area contributed by atoms with Crippen molar-refractivity contribution < 1.29 is 4.74 Å². The summed E-state index contributed by atoms with van der Waals surface area (Å²) in [7, 11) is 1.68. The third kappa shape index (κ3) is 2.51. The first kappa shape index (κ1) is 16.1. The molecule has 1 aliphatic rings. The monoisotopic (exact) mass is 359 g/mol. The van der Waals surface area contributed by atoms with Gasteiger partial charge in [-0.1, -0.05) is 23.8 Å². The smallest absolute Gasteiger partial charge is 0.213 e. The molecule has 2 aromatic carbocycles. The van der Waals surface area contributed by atoms with Gasteiger partial charge < -0.3 is 9.64 Å². The molecular weight excluding hydrogens is 338 g/mol. The summed E-state index contributed by atoms with van der Waals surface area (Å²) in [6.07, 6.45) is 2.36. The maximum atomic E-state index is 5.57. The number of methoxy groups -OCH3 is 1. The molecule has 1 saturated heterocycles. The van der Waals surface area contributed by atoms with Gasteiger partial charge >= 0.3 is 0 Å². The normalized spacial score (nSPS) is 14.4. The Labute approximate surface area is 157 Å². The van der Waals surface area contributed by atoms with Gasteiger partial charge in [0.15, 0.2) is 11.5 Å². The summed E-state index contributed by atoms with van der Waals surface area (Å²) in [4.78, 5) is 7.34. The van der Waals surface area contributed by atoms with Crippen LogP contribution in [0.1, 0.15) is 18.4 Å². The highest BCUT2D eigenvalue weighted by molar-refractivity contribution is 5.94. The van der Waals surface area contributed by atoms with Crippen molar-refractivity contribution in [2.75, 3.05) is 25.1 Å². The highest BCUT2D eigenvalue weighted by Crippen LogP contribution is 2.33. The molecule has 136 valence electrons. The number of fused-ring (bicyclic) bond motifs is 3. The fourth-order valence-electron chi connectivity index (χ4n) is 3.87. The van der Waals surface area contributed by atoms with E-state index in [2.05, 4.69) is 44.6 Å². The lowest BCUT2D eigenvalue weighted by molar-refractivity contribution is 0.416. The minimum absolute atomic E-state index is 0.764. The largest absolute Gasteiger partial charge is 0.496 e. The van der Waals surface area contributed by atoms with Gasteiger partial charge in [-0.3, -0.25) is 0 Å². The molecule has 0 bridgehead atoms. The Bertz CT molecular complexity index is 1140. The zero-order valence-electron chi connectivity index (χ0n) is 15.5. The fraction of sp³-hybridized carbons (Fsp3) is 0.286. The average molecular weight is 359 g/mol. The molecule has 0 aliphatic carbocycles. The van der Waals surface area contributed by atoms with Crippen LogP contribution < -0.4 is 9.64 Å². The first-order valence-electron chi connectivity index (χ1n) is 9.30. The minimum atomic E-state index is 0.764. The van der Waals surface area contributed by atoms with E-state index >= 15 is 0 Å². The molecule has 0 spiro atoms. The molecule has 4 aromatic rings. The van der Waals surface area contributed by atoms with E-state index in [9.17, 15) is 0 Å². The standard InChI is InChI=1S/C21H21N5O/c1-14-9-10-17-16(13-14)20-24-23-19(15-7-3-4-8-18(15)27-2)26(20)21(22-17)25-11-5-6-12-25/h3-4,7-10,13H,5-6,11-12H2,1-2H3. The molecule has 2 aromatic heterocycles. The van der Waals surface area contributed by atoms with Crippen molar-refractivity contribution in [3.63, 3.8) is 0 Å². The highest BCUT2D eigenvalue weighted by Gasteiger charge is 2.23. The van der Waals surface area contributed by atoms with Crippen molar-refractivity contribution >= 4 is 22.5 Å². The summed E-state index contributed by atoms with van der Waals surface area (Å²) < 4.78 is 7.66. The van der Waals surface area contributed by atoms with Crippen molar-refractivity contribution in [3.05, 3.63) is 48.0 Å². The predicted molar refractivity (Wildman–Crippen MR) is 106 cm³/mol. The average Bonchev–Trinajstić information content (AvgIpc) is 3.38. The molecule has 0 radical (unpaired) electrons. The van der Waals surface area contributed by atoms with E-state index in [1.165, 1.54) is 18.4 Å². The van der Waals surface area contributed by atoms with Crippen LogP contribution in [0, 0.1) is 6.92 Å². The number of hydrogen-bond acceptors (Lipinski definition) is 5. The molecule has 1 fully saturated rings. The van der Waals surface area contributed by atoms with E-state index < -0.39 is 0 Å². The van der Waals surface area contributed by atoms with Crippen LogP contribution in [0.15, 0.2) is 42.5 Å². The lowest BCUT2D eigenvalue weighted by Gasteiger charge is -2.19. The number of para-hydroxylation sites is 1. The number of hydrogen-bond donors (Lipinski definition) is 0. The van der Waals surface area contributed by atoms with E-state index in [1.807, 2.05) is 24.3 Å². The zero-order valence-corrected chi connectivity index (χ0v) is 15.5. The Hall–Kier alpha value is -3.15. The second kappa shape index (κ2) is 6.23. The Morgan fingerprint density at radius 2 is 1.81 bits per heavy atom. The topological polar surface area (TPSA) is 55.6 Å². The Morgan fingerprint density at radius 3 is 2.63 bits per heavy atom. The van der Waals surface area contributed by atoms with Crippen molar-refractivity contribution in [2.24, 2.45) is 0 Å². The summed E-state index contributed by atoms with van der Waals surface area (Å²) in [6, 6.07) is 14.2. The van der Waals surface area contributed by atoms with Crippen LogP contribution in [0.4, 0.5) is 5.95 Å². The summed E-state index contributed by atoms with van der Waals surface area (Å²) in [5.41, 5.74) is 3.89. The van der Waals surface area contributed by atoms with Crippen LogP contribution in [0.3, 0.4) is 0 Å². The molecule has 6 heteroatoms. The summed E-state index contributed by atoms with van der Waals surface area (Å²) in [5, 5.41) is 10.1. The van der Waals surface area contributed by atoms with Crippen LogP contribution in [0.2, 0.25) is 0 Å². The number of aromatic nitrogens is 4. The first-order chi connectivity index (χ1) is 13.3. The van der Waals surface area contributed by atoms with Crippen LogP contribution in [-0.2, 0) is 0 Å². The maximum Gasteiger partial charge on any atom is 0.213 e. The lowest BCUT2D eigenvalue weighted by atomic mass is 10.1. The van der Waals surface area contributed by atoms with Gasteiger partial charge in [0.2, 0.25) is 5.95 Å². The highest BCUT2D eigenvalue weighted by atomic mass is 16.5. The van der Waals surface area contributed by atoms with Gasteiger partial charge in [-0.25, -0.2) is 9.38 Å². The Kier molecular flexibility index (Phi) is 3.70. The van der Waals surface area contributed by atoms with E-state index in [4.69, 9.17) is 9.72 Å². The van der Waals surface area contributed by atoms with Crippen LogP contribution in [0.25, 0.3) is 27.9 Å². The molecule has 1 aliphatic heterocycles. The van der Waals surface area contributed by atoms with E-state index in [0.717, 1.165) is 52.7 Å². The summed E-state index contributed by atoms with van der Waals surface area (Å²) in [6.45, 7) is 4.09. The molecule has 3 heterocycles. The second-order valence-electron chi connectivity index (χ2n) is 7.01. The molecule has 0 unspecified atom stereocenters. The summed E-state index contributed by atoms with van der Waals surface area (Å²) in [5.74, 6) is 2.45.